The van der Waals surface area contributed by atoms with Crippen LogP contribution in [0.5, 0.6) is 11.5 Å². The van der Waals surface area contributed by atoms with Gasteiger partial charge in [0, 0.05) is 36.6 Å². The van der Waals surface area contributed by atoms with E-state index in [1.54, 1.807) is 35.8 Å². The number of rotatable bonds is 11. The van der Waals surface area contributed by atoms with E-state index in [1.807, 2.05) is 18.2 Å². The third-order valence-electron chi connectivity index (χ3n) is 6.90. The molecule has 9 heteroatoms. The van der Waals surface area contributed by atoms with Gasteiger partial charge in [-0.15, -0.1) is 0 Å². The van der Waals surface area contributed by atoms with E-state index >= 15 is 0 Å². The van der Waals surface area contributed by atoms with Crippen LogP contribution in [0.15, 0.2) is 52.9 Å². The molecular weight excluding hydrogens is 474 g/mol. The summed E-state index contributed by atoms with van der Waals surface area (Å²) in [6.07, 6.45) is 6.52. The van der Waals surface area contributed by atoms with Crippen molar-refractivity contribution in [2.45, 2.75) is 50.7 Å². The standard InChI is InChI=1S/C28H33N3O6/c32-27(30-34)19-3-7-22(8-4-19)35-16-2-1-13-29-28(33)26-18-20-17-24(9-10-25(20)37-26)36-23-11-14-31(15-12-23)21-5-6-21/h3-4,7-10,17-18,21,23,34H,1-2,5-6,11-16H2,(H,29,33)(H,30,32). The van der Waals surface area contributed by atoms with Crippen LogP contribution in [0.3, 0.4) is 0 Å². The molecule has 2 heterocycles. The van der Waals surface area contributed by atoms with Crippen LogP contribution in [0, 0.1) is 0 Å². The second kappa shape index (κ2) is 11.7. The molecule has 3 aromatic rings. The van der Waals surface area contributed by atoms with Crippen molar-refractivity contribution in [1.82, 2.24) is 15.7 Å². The van der Waals surface area contributed by atoms with E-state index in [-0.39, 0.29) is 17.8 Å². The predicted octanol–water partition coefficient (Wildman–Crippen LogP) is 4.15. The number of hydrogen-bond donors (Lipinski definition) is 3. The molecule has 1 saturated carbocycles. The maximum atomic E-state index is 12.6. The minimum Gasteiger partial charge on any atom is -0.494 e. The van der Waals surface area contributed by atoms with E-state index < -0.39 is 5.91 Å². The molecule has 3 N–H and O–H groups in total. The SMILES string of the molecule is O=C(NO)c1ccc(OCCCCNC(=O)c2cc3cc(OC4CCN(C5CC5)CC4)ccc3o2)cc1. The Morgan fingerprint density at radius 1 is 0.946 bits per heavy atom. The van der Waals surface area contributed by atoms with E-state index in [0.29, 0.717) is 30.0 Å². The highest BCUT2D eigenvalue weighted by molar-refractivity contribution is 5.96. The van der Waals surface area contributed by atoms with Gasteiger partial charge in [-0.05, 0) is 87.1 Å². The molecule has 5 rings (SSSR count). The number of ether oxygens (including phenoxy) is 2. The van der Waals surface area contributed by atoms with Crippen molar-refractivity contribution in [3.05, 3.63) is 59.9 Å². The molecule has 2 aromatic carbocycles. The van der Waals surface area contributed by atoms with Gasteiger partial charge in [-0.25, -0.2) is 5.48 Å². The van der Waals surface area contributed by atoms with Crippen LogP contribution in [0.4, 0.5) is 0 Å². The van der Waals surface area contributed by atoms with Crippen molar-refractivity contribution in [2.24, 2.45) is 0 Å². The van der Waals surface area contributed by atoms with Gasteiger partial charge >= 0.3 is 0 Å². The molecule has 0 unspecified atom stereocenters. The summed E-state index contributed by atoms with van der Waals surface area (Å²) in [6, 6.07) is 14.8. The maximum absolute atomic E-state index is 12.6. The lowest BCUT2D eigenvalue weighted by atomic mass is 10.1. The molecule has 1 aromatic heterocycles. The quantitative estimate of drug-likeness (QED) is 0.203. The Hall–Kier alpha value is -3.56. The summed E-state index contributed by atoms with van der Waals surface area (Å²) < 4.78 is 17.6. The number of amides is 2. The first-order valence-corrected chi connectivity index (χ1v) is 13.0. The number of piperidine rings is 1. The molecule has 0 spiro atoms. The van der Waals surface area contributed by atoms with Gasteiger partial charge in [0.05, 0.1) is 6.61 Å². The fraction of sp³-hybridized carbons (Fsp3) is 0.429. The van der Waals surface area contributed by atoms with Crippen LogP contribution in [-0.2, 0) is 0 Å². The highest BCUT2D eigenvalue weighted by atomic mass is 16.5. The Kier molecular flexibility index (Phi) is 7.91. The molecule has 0 radical (unpaired) electrons. The van der Waals surface area contributed by atoms with E-state index in [2.05, 4.69) is 10.2 Å². The van der Waals surface area contributed by atoms with Gasteiger partial charge in [0.1, 0.15) is 23.2 Å². The molecule has 37 heavy (non-hydrogen) atoms. The summed E-state index contributed by atoms with van der Waals surface area (Å²) in [4.78, 5) is 26.5. The summed E-state index contributed by atoms with van der Waals surface area (Å²) in [5, 5.41) is 12.4. The summed E-state index contributed by atoms with van der Waals surface area (Å²) in [5.74, 6) is 0.919. The van der Waals surface area contributed by atoms with E-state index in [4.69, 9.17) is 19.1 Å². The van der Waals surface area contributed by atoms with Crippen molar-refractivity contribution >= 4 is 22.8 Å². The minimum atomic E-state index is -0.569. The van der Waals surface area contributed by atoms with Crippen molar-refractivity contribution in [3.8, 4) is 11.5 Å². The van der Waals surface area contributed by atoms with Crippen LogP contribution in [0.1, 0.15) is 59.4 Å². The first kappa shape index (κ1) is 25.1. The van der Waals surface area contributed by atoms with Gasteiger partial charge < -0.3 is 24.1 Å². The lowest BCUT2D eigenvalue weighted by molar-refractivity contribution is 0.0706. The van der Waals surface area contributed by atoms with Gasteiger partial charge in [0.2, 0.25) is 0 Å². The normalized spacial score (nSPS) is 16.5. The van der Waals surface area contributed by atoms with E-state index in [1.165, 1.54) is 12.8 Å². The van der Waals surface area contributed by atoms with Crippen molar-refractivity contribution in [1.29, 1.82) is 0 Å². The number of carbonyl (C=O) groups excluding carboxylic acids is 2. The second-order valence-corrected chi connectivity index (χ2v) is 9.67. The number of likely N-dealkylation sites (tertiary alicyclic amines) is 1. The van der Waals surface area contributed by atoms with Gasteiger partial charge in [0.15, 0.2) is 5.76 Å². The summed E-state index contributed by atoms with van der Waals surface area (Å²) in [6.45, 7) is 3.20. The number of carbonyl (C=O) groups is 2. The molecule has 9 nitrogen and oxygen atoms in total. The van der Waals surface area contributed by atoms with Crippen LogP contribution in [0.2, 0.25) is 0 Å². The topological polar surface area (TPSA) is 113 Å². The van der Waals surface area contributed by atoms with Crippen molar-refractivity contribution in [3.63, 3.8) is 0 Å². The lowest BCUT2D eigenvalue weighted by Crippen LogP contribution is -2.39. The van der Waals surface area contributed by atoms with Gasteiger partial charge in [-0.3, -0.25) is 14.8 Å². The molecule has 1 saturated heterocycles. The summed E-state index contributed by atoms with van der Waals surface area (Å²) in [5.41, 5.74) is 2.60. The van der Waals surface area contributed by atoms with Crippen LogP contribution < -0.4 is 20.3 Å². The van der Waals surface area contributed by atoms with E-state index in [9.17, 15) is 9.59 Å². The Balaban J connectivity index is 1.02. The number of fused-ring (bicyclic) bond motifs is 1. The Bertz CT molecular complexity index is 1210. The lowest BCUT2D eigenvalue weighted by Gasteiger charge is -2.32. The third kappa shape index (κ3) is 6.61. The number of benzene rings is 2. The third-order valence-corrected chi connectivity index (χ3v) is 6.90. The maximum Gasteiger partial charge on any atom is 0.287 e. The molecule has 2 amide bonds. The highest BCUT2D eigenvalue weighted by Crippen LogP contribution is 2.31. The zero-order valence-electron chi connectivity index (χ0n) is 20.8. The molecule has 0 bridgehead atoms. The fourth-order valence-corrected chi connectivity index (χ4v) is 4.67. The zero-order valence-corrected chi connectivity index (χ0v) is 20.8. The average molecular weight is 508 g/mol. The number of hydrogen-bond acceptors (Lipinski definition) is 7. The van der Waals surface area contributed by atoms with Crippen molar-refractivity contribution < 1.29 is 28.7 Å². The van der Waals surface area contributed by atoms with Crippen LogP contribution >= 0.6 is 0 Å². The molecule has 0 atom stereocenters. The number of furan rings is 1. The smallest absolute Gasteiger partial charge is 0.287 e. The monoisotopic (exact) mass is 507 g/mol. The summed E-state index contributed by atoms with van der Waals surface area (Å²) >= 11 is 0. The van der Waals surface area contributed by atoms with Gasteiger partial charge in [-0.2, -0.15) is 0 Å². The first-order chi connectivity index (χ1) is 18.1. The number of hydroxylamine groups is 1. The van der Waals surface area contributed by atoms with Gasteiger partial charge in [-0.1, -0.05) is 0 Å². The number of unbranched alkanes of at least 4 members (excludes halogenated alkanes) is 1. The number of nitrogens with zero attached hydrogens (tertiary/aromatic N) is 1. The summed E-state index contributed by atoms with van der Waals surface area (Å²) in [7, 11) is 0. The van der Waals surface area contributed by atoms with Crippen molar-refractivity contribution in [2.75, 3.05) is 26.2 Å². The highest BCUT2D eigenvalue weighted by Gasteiger charge is 2.32. The predicted molar refractivity (Wildman–Crippen MR) is 137 cm³/mol. The number of nitrogens with one attached hydrogen (secondary N) is 2. The molecule has 1 aliphatic heterocycles. The fourth-order valence-electron chi connectivity index (χ4n) is 4.67. The molecule has 196 valence electrons. The Morgan fingerprint density at radius 3 is 2.43 bits per heavy atom. The first-order valence-electron chi connectivity index (χ1n) is 13.0. The van der Waals surface area contributed by atoms with E-state index in [0.717, 1.165) is 56.0 Å². The largest absolute Gasteiger partial charge is 0.494 e. The average Bonchev–Trinajstić information content (AvgIpc) is 3.69. The second-order valence-electron chi connectivity index (χ2n) is 9.67. The zero-order chi connectivity index (χ0) is 25.6. The minimum absolute atomic E-state index is 0.234. The molecule has 2 fully saturated rings. The molecule has 2 aliphatic rings. The van der Waals surface area contributed by atoms with Gasteiger partial charge in [0.25, 0.3) is 11.8 Å². The Labute approximate surface area is 215 Å². The molecule has 1 aliphatic carbocycles. The van der Waals surface area contributed by atoms with Crippen LogP contribution in [0.25, 0.3) is 11.0 Å². The Morgan fingerprint density at radius 2 is 1.70 bits per heavy atom. The molecular formula is C28H33N3O6. The van der Waals surface area contributed by atoms with Crippen LogP contribution in [-0.4, -0.2) is 60.3 Å².